The van der Waals surface area contributed by atoms with Gasteiger partial charge in [-0.15, -0.1) is 0 Å². The van der Waals surface area contributed by atoms with Crippen molar-refractivity contribution in [3.63, 3.8) is 0 Å². The molecule has 27 heavy (non-hydrogen) atoms. The predicted octanol–water partition coefficient (Wildman–Crippen LogP) is 3.48. The smallest absolute Gasteiger partial charge is 0.161 e. The Labute approximate surface area is 160 Å². The Kier molecular flexibility index (Phi) is 6.01. The summed E-state index contributed by atoms with van der Waals surface area (Å²) >= 11 is 0. The third kappa shape index (κ3) is 4.42. The summed E-state index contributed by atoms with van der Waals surface area (Å²) in [6.07, 6.45) is 1.50. The molecule has 1 N–H and O–H groups in total. The number of methoxy groups -OCH3 is 1. The van der Waals surface area contributed by atoms with E-state index in [0.717, 1.165) is 12.8 Å². The van der Waals surface area contributed by atoms with Crippen molar-refractivity contribution >= 4 is 11.5 Å². The fraction of sp³-hybridized carbons (Fsp3) is 0.409. The van der Waals surface area contributed by atoms with E-state index in [1.165, 1.54) is 25.3 Å². The lowest BCUT2D eigenvalue weighted by Crippen LogP contribution is -2.43. The van der Waals surface area contributed by atoms with Crippen molar-refractivity contribution in [2.75, 3.05) is 25.2 Å². The summed E-state index contributed by atoms with van der Waals surface area (Å²) < 4.78 is 11.1. The van der Waals surface area contributed by atoms with Gasteiger partial charge in [0.25, 0.3) is 0 Å². The highest BCUT2D eigenvalue weighted by atomic mass is 16.5. The van der Waals surface area contributed by atoms with Crippen LogP contribution in [0, 0.1) is 0 Å². The Morgan fingerprint density at radius 1 is 1.26 bits per heavy atom. The first-order valence-corrected chi connectivity index (χ1v) is 9.34. The third-order valence-corrected chi connectivity index (χ3v) is 5.07. The van der Waals surface area contributed by atoms with Gasteiger partial charge >= 0.3 is 0 Å². The average molecular weight is 369 g/mol. The summed E-state index contributed by atoms with van der Waals surface area (Å²) in [5, 5.41) is 10.6. The molecule has 5 heteroatoms. The van der Waals surface area contributed by atoms with E-state index in [1.54, 1.807) is 18.2 Å². The third-order valence-electron chi connectivity index (χ3n) is 5.07. The Bertz CT molecular complexity index is 805. The topological polar surface area (TPSA) is 59.0 Å². The number of β-amino-alcohol motifs (C(OH)–C–C–N with tert-alkyl or cyclic N) is 1. The standard InChI is InChI=1S/C22H27NO4/c1-15-8-9-17-6-4-5-7-20(17)23(15)13-19(25)14-27-21-11-10-18(16(2)24)12-22(21)26-3/h4-7,10-12,15,19,25H,8-9,13-14H2,1-3H3. The molecule has 0 fully saturated rings. The maximum absolute atomic E-state index is 11.5. The van der Waals surface area contributed by atoms with Crippen LogP contribution in [0.1, 0.15) is 36.2 Å². The van der Waals surface area contributed by atoms with Gasteiger partial charge in [-0.3, -0.25) is 4.79 Å². The van der Waals surface area contributed by atoms with Gasteiger partial charge in [-0.25, -0.2) is 0 Å². The second-order valence-corrected chi connectivity index (χ2v) is 7.06. The van der Waals surface area contributed by atoms with Crippen molar-refractivity contribution in [2.24, 2.45) is 0 Å². The van der Waals surface area contributed by atoms with Gasteiger partial charge in [0.1, 0.15) is 12.7 Å². The van der Waals surface area contributed by atoms with Gasteiger partial charge in [0.2, 0.25) is 0 Å². The summed E-state index contributed by atoms with van der Waals surface area (Å²) in [5.74, 6) is 0.984. The number of aliphatic hydroxyl groups excluding tert-OH is 1. The Morgan fingerprint density at radius 2 is 2.04 bits per heavy atom. The van der Waals surface area contributed by atoms with Crippen molar-refractivity contribution < 1.29 is 19.4 Å². The lowest BCUT2D eigenvalue weighted by molar-refractivity contribution is 0.101. The number of anilines is 1. The van der Waals surface area contributed by atoms with Crippen molar-refractivity contribution in [1.82, 2.24) is 0 Å². The van der Waals surface area contributed by atoms with Gasteiger partial charge in [0, 0.05) is 23.8 Å². The van der Waals surface area contributed by atoms with E-state index in [0.29, 0.717) is 29.6 Å². The zero-order chi connectivity index (χ0) is 19.4. The lowest BCUT2D eigenvalue weighted by atomic mass is 9.96. The predicted molar refractivity (Wildman–Crippen MR) is 106 cm³/mol. The molecule has 144 valence electrons. The lowest BCUT2D eigenvalue weighted by Gasteiger charge is -2.38. The molecule has 2 atom stereocenters. The molecule has 0 radical (unpaired) electrons. The molecule has 2 aromatic rings. The minimum atomic E-state index is -0.643. The van der Waals surface area contributed by atoms with Crippen molar-refractivity contribution in [3.05, 3.63) is 53.6 Å². The minimum absolute atomic E-state index is 0.0300. The Hall–Kier alpha value is -2.53. The van der Waals surface area contributed by atoms with Crippen LogP contribution in [0.4, 0.5) is 5.69 Å². The van der Waals surface area contributed by atoms with Crippen molar-refractivity contribution in [2.45, 2.75) is 38.8 Å². The van der Waals surface area contributed by atoms with Crippen molar-refractivity contribution in [3.8, 4) is 11.5 Å². The molecule has 0 bridgehead atoms. The fourth-order valence-corrected chi connectivity index (χ4v) is 3.51. The molecule has 3 rings (SSSR count). The fourth-order valence-electron chi connectivity index (χ4n) is 3.51. The first kappa shape index (κ1) is 19.2. The van der Waals surface area contributed by atoms with Crippen LogP contribution in [-0.4, -0.2) is 43.3 Å². The van der Waals surface area contributed by atoms with Gasteiger partial charge in [0.05, 0.1) is 7.11 Å². The zero-order valence-electron chi connectivity index (χ0n) is 16.1. The molecular formula is C22H27NO4. The molecular weight excluding hydrogens is 342 g/mol. The summed E-state index contributed by atoms with van der Waals surface area (Å²) in [6, 6.07) is 13.8. The van der Waals surface area contributed by atoms with Crippen molar-refractivity contribution in [1.29, 1.82) is 0 Å². The molecule has 0 aliphatic carbocycles. The molecule has 2 unspecified atom stereocenters. The van der Waals surface area contributed by atoms with Crippen LogP contribution in [0.5, 0.6) is 11.5 Å². The highest BCUT2D eigenvalue weighted by Crippen LogP contribution is 2.31. The summed E-state index contributed by atoms with van der Waals surface area (Å²) in [6.45, 7) is 4.36. The maximum Gasteiger partial charge on any atom is 0.161 e. The van der Waals surface area contributed by atoms with Gasteiger partial charge in [-0.05, 0) is 56.5 Å². The molecule has 0 saturated heterocycles. The summed E-state index contributed by atoms with van der Waals surface area (Å²) in [7, 11) is 1.54. The van der Waals surface area contributed by atoms with E-state index in [4.69, 9.17) is 9.47 Å². The van der Waals surface area contributed by atoms with Crippen LogP contribution >= 0.6 is 0 Å². The van der Waals surface area contributed by atoms with Gasteiger partial charge < -0.3 is 19.5 Å². The van der Waals surface area contributed by atoms with Crippen LogP contribution in [-0.2, 0) is 6.42 Å². The van der Waals surface area contributed by atoms with E-state index in [9.17, 15) is 9.90 Å². The minimum Gasteiger partial charge on any atom is -0.493 e. The SMILES string of the molecule is COc1cc(C(C)=O)ccc1OCC(O)CN1c2ccccc2CCC1C. The number of hydrogen-bond acceptors (Lipinski definition) is 5. The van der Waals surface area contributed by atoms with Crippen LogP contribution in [0.2, 0.25) is 0 Å². The van der Waals surface area contributed by atoms with Gasteiger partial charge in [-0.1, -0.05) is 18.2 Å². The quantitative estimate of drug-likeness (QED) is 0.757. The van der Waals surface area contributed by atoms with Gasteiger partial charge in [-0.2, -0.15) is 0 Å². The molecule has 0 spiro atoms. The normalized spacial score (nSPS) is 17.2. The largest absolute Gasteiger partial charge is 0.493 e. The van der Waals surface area contributed by atoms with Crippen LogP contribution in [0.15, 0.2) is 42.5 Å². The van der Waals surface area contributed by atoms with E-state index >= 15 is 0 Å². The van der Waals surface area contributed by atoms with Gasteiger partial charge in [0.15, 0.2) is 17.3 Å². The summed E-state index contributed by atoms with van der Waals surface area (Å²) in [4.78, 5) is 13.8. The van der Waals surface area contributed by atoms with E-state index in [2.05, 4.69) is 30.0 Å². The molecule has 0 amide bonds. The highest BCUT2D eigenvalue weighted by molar-refractivity contribution is 5.94. The number of rotatable bonds is 7. The number of fused-ring (bicyclic) bond motifs is 1. The first-order chi connectivity index (χ1) is 13.0. The number of benzene rings is 2. The molecule has 5 nitrogen and oxygen atoms in total. The zero-order valence-corrected chi connectivity index (χ0v) is 16.1. The number of carbonyl (C=O) groups is 1. The average Bonchev–Trinajstić information content (AvgIpc) is 2.68. The molecule has 2 aromatic carbocycles. The van der Waals surface area contributed by atoms with E-state index < -0.39 is 6.10 Å². The monoisotopic (exact) mass is 369 g/mol. The number of Topliss-reactive ketones (excluding diaryl/α,β-unsaturated/α-hetero) is 1. The number of ether oxygens (including phenoxy) is 2. The number of ketones is 1. The van der Waals surface area contributed by atoms with E-state index in [1.807, 2.05) is 6.07 Å². The van der Waals surface area contributed by atoms with E-state index in [-0.39, 0.29) is 12.4 Å². The van der Waals surface area contributed by atoms with Crippen LogP contribution < -0.4 is 14.4 Å². The molecule has 1 aliphatic rings. The highest BCUT2D eigenvalue weighted by Gasteiger charge is 2.25. The maximum atomic E-state index is 11.5. The number of carbonyl (C=O) groups excluding carboxylic acids is 1. The van der Waals surface area contributed by atoms with Crippen LogP contribution in [0.3, 0.4) is 0 Å². The second kappa shape index (κ2) is 8.44. The number of para-hydroxylation sites is 1. The van der Waals surface area contributed by atoms with Crippen LogP contribution in [0.25, 0.3) is 0 Å². The Balaban J connectivity index is 1.65. The molecule has 0 saturated carbocycles. The number of aliphatic hydroxyl groups is 1. The molecule has 1 heterocycles. The first-order valence-electron chi connectivity index (χ1n) is 9.34. The Morgan fingerprint density at radius 3 is 2.78 bits per heavy atom. The number of nitrogens with zero attached hydrogens (tertiary/aromatic N) is 1. The second-order valence-electron chi connectivity index (χ2n) is 7.06. The molecule has 1 aliphatic heterocycles. The number of aryl methyl sites for hydroxylation is 1. The number of hydrogen-bond donors (Lipinski definition) is 1. The summed E-state index contributed by atoms with van der Waals surface area (Å²) in [5.41, 5.74) is 3.09. The molecule has 0 aromatic heterocycles.